The van der Waals surface area contributed by atoms with E-state index in [1.54, 1.807) is 18.2 Å². The SMILES string of the molecule is O=c1[nH]cc(Cl)c2cc(Cl)ccc12. The third-order valence-corrected chi connectivity index (χ3v) is 2.36. The van der Waals surface area contributed by atoms with Crippen molar-refractivity contribution >= 4 is 34.0 Å². The van der Waals surface area contributed by atoms with E-state index in [9.17, 15) is 4.79 Å². The number of hydrogen-bond acceptors (Lipinski definition) is 1. The summed E-state index contributed by atoms with van der Waals surface area (Å²) >= 11 is 11.6. The van der Waals surface area contributed by atoms with Crippen LogP contribution in [0.15, 0.2) is 29.2 Å². The van der Waals surface area contributed by atoms with Gasteiger partial charge in [-0.2, -0.15) is 0 Å². The molecule has 4 heteroatoms. The average Bonchev–Trinajstić information content (AvgIpc) is 2.12. The van der Waals surface area contributed by atoms with Crippen LogP contribution in [-0.4, -0.2) is 4.98 Å². The van der Waals surface area contributed by atoms with Gasteiger partial charge in [0.1, 0.15) is 0 Å². The summed E-state index contributed by atoms with van der Waals surface area (Å²) in [6, 6.07) is 4.99. The number of halogens is 2. The molecule has 66 valence electrons. The highest BCUT2D eigenvalue weighted by atomic mass is 35.5. The minimum atomic E-state index is -0.156. The van der Waals surface area contributed by atoms with E-state index in [-0.39, 0.29) is 5.56 Å². The Hall–Kier alpha value is -0.990. The van der Waals surface area contributed by atoms with Crippen molar-refractivity contribution in [1.29, 1.82) is 0 Å². The first-order valence-corrected chi connectivity index (χ1v) is 4.40. The molecule has 1 aromatic heterocycles. The fourth-order valence-electron chi connectivity index (χ4n) is 1.20. The molecule has 2 rings (SSSR count). The summed E-state index contributed by atoms with van der Waals surface area (Å²) in [4.78, 5) is 13.8. The molecule has 0 saturated carbocycles. The Kier molecular flexibility index (Phi) is 2.02. The maximum absolute atomic E-state index is 11.3. The van der Waals surface area contributed by atoms with E-state index in [1.165, 1.54) is 6.20 Å². The van der Waals surface area contributed by atoms with E-state index in [0.29, 0.717) is 20.8 Å². The van der Waals surface area contributed by atoms with E-state index in [2.05, 4.69) is 4.98 Å². The molecule has 0 aliphatic carbocycles. The number of H-pyrrole nitrogens is 1. The standard InChI is InChI=1S/C9H5Cl2NO/c10-5-1-2-6-7(3-5)8(11)4-12-9(6)13/h1-4H,(H,12,13). The van der Waals surface area contributed by atoms with E-state index < -0.39 is 0 Å². The van der Waals surface area contributed by atoms with Crippen LogP contribution < -0.4 is 5.56 Å². The van der Waals surface area contributed by atoms with Gasteiger partial charge in [0.25, 0.3) is 5.56 Å². The highest BCUT2D eigenvalue weighted by Gasteiger charge is 2.02. The number of aromatic nitrogens is 1. The highest BCUT2D eigenvalue weighted by Crippen LogP contribution is 2.22. The van der Waals surface area contributed by atoms with Crippen LogP contribution in [0.3, 0.4) is 0 Å². The molecule has 1 aromatic carbocycles. The smallest absolute Gasteiger partial charge is 0.255 e. The minimum absolute atomic E-state index is 0.156. The maximum atomic E-state index is 11.3. The second-order valence-corrected chi connectivity index (χ2v) is 3.50. The lowest BCUT2D eigenvalue weighted by molar-refractivity contribution is 1.28. The van der Waals surface area contributed by atoms with Crippen LogP contribution in [0.25, 0.3) is 10.8 Å². The second-order valence-electron chi connectivity index (χ2n) is 2.66. The zero-order valence-electron chi connectivity index (χ0n) is 6.47. The Bertz CT molecular complexity index is 518. The van der Waals surface area contributed by atoms with Gasteiger partial charge in [0.2, 0.25) is 0 Å². The van der Waals surface area contributed by atoms with Crippen LogP contribution in [0, 0.1) is 0 Å². The fourth-order valence-corrected chi connectivity index (χ4v) is 1.58. The van der Waals surface area contributed by atoms with Crippen molar-refractivity contribution in [2.24, 2.45) is 0 Å². The van der Waals surface area contributed by atoms with Gasteiger partial charge in [-0.05, 0) is 18.2 Å². The first kappa shape index (κ1) is 8.60. The van der Waals surface area contributed by atoms with Crippen LogP contribution in [-0.2, 0) is 0 Å². The van der Waals surface area contributed by atoms with E-state index in [4.69, 9.17) is 23.2 Å². The molecule has 0 radical (unpaired) electrons. The zero-order chi connectivity index (χ0) is 9.42. The van der Waals surface area contributed by atoms with Crippen LogP contribution in [0.5, 0.6) is 0 Å². The molecule has 0 atom stereocenters. The van der Waals surface area contributed by atoms with Gasteiger partial charge in [-0.1, -0.05) is 23.2 Å². The number of aromatic amines is 1. The topological polar surface area (TPSA) is 32.9 Å². The number of nitrogens with one attached hydrogen (secondary N) is 1. The molecular weight excluding hydrogens is 209 g/mol. The van der Waals surface area contributed by atoms with Crippen molar-refractivity contribution in [2.75, 3.05) is 0 Å². The lowest BCUT2D eigenvalue weighted by atomic mass is 10.2. The lowest BCUT2D eigenvalue weighted by Crippen LogP contribution is -2.04. The third-order valence-electron chi connectivity index (χ3n) is 1.81. The van der Waals surface area contributed by atoms with E-state index >= 15 is 0 Å². The van der Waals surface area contributed by atoms with Gasteiger partial charge in [0.15, 0.2) is 0 Å². The summed E-state index contributed by atoms with van der Waals surface area (Å²) in [6.45, 7) is 0. The lowest BCUT2D eigenvalue weighted by Gasteiger charge is -1.98. The van der Waals surface area contributed by atoms with Crippen molar-refractivity contribution in [3.8, 4) is 0 Å². The molecule has 0 amide bonds. The van der Waals surface area contributed by atoms with E-state index in [0.717, 1.165) is 0 Å². The van der Waals surface area contributed by atoms with Crippen LogP contribution >= 0.6 is 23.2 Å². The van der Waals surface area contributed by atoms with Crippen LogP contribution in [0.1, 0.15) is 0 Å². The largest absolute Gasteiger partial charge is 0.327 e. The monoisotopic (exact) mass is 213 g/mol. The first-order chi connectivity index (χ1) is 6.18. The maximum Gasteiger partial charge on any atom is 0.255 e. The molecule has 0 unspecified atom stereocenters. The van der Waals surface area contributed by atoms with Crippen molar-refractivity contribution < 1.29 is 0 Å². The minimum Gasteiger partial charge on any atom is -0.327 e. The normalized spacial score (nSPS) is 10.6. The number of hydrogen-bond donors (Lipinski definition) is 1. The Balaban J connectivity index is 3.01. The van der Waals surface area contributed by atoms with Crippen molar-refractivity contribution in [2.45, 2.75) is 0 Å². The molecule has 0 fully saturated rings. The molecular formula is C9H5Cl2NO. The predicted molar refractivity (Wildman–Crippen MR) is 54.6 cm³/mol. The summed E-state index contributed by atoms with van der Waals surface area (Å²) in [5, 5.41) is 2.30. The zero-order valence-corrected chi connectivity index (χ0v) is 7.99. The summed E-state index contributed by atoms with van der Waals surface area (Å²) in [6.07, 6.45) is 1.46. The summed E-state index contributed by atoms with van der Waals surface area (Å²) < 4.78 is 0. The molecule has 0 saturated heterocycles. The average molecular weight is 214 g/mol. The van der Waals surface area contributed by atoms with Gasteiger partial charge in [-0.15, -0.1) is 0 Å². The molecule has 2 aromatic rings. The van der Waals surface area contributed by atoms with Gasteiger partial charge in [0, 0.05) is 22.0 Å². The molecule has 0 aliphatic rings. The number of benzene rings is 1. The first-order valence-electron chi connectivity index (χ1n) is 3.65. The van der Waals surface area contributed by atoms with Crippen LogP contribution in [0.4, 0.5) is 0 Å². The molecule has 1 N–H and O–H groups in total. The predicted octanol–water partition coefficient (Wildman–Crippen LogP) is 2.83. The third kappa shape index (κ3) is 1.43. The number of fused-ring (bicyclic) bond motifs is 1. The Morgan fingerprint density at radius 1 is 1.15 bits per heavy atom. The van der Waals surface area contributed by atoms with Crippen molar-refractivity contribution in [3.05, 3.63) is 44.8 Å². The second kappa shape index (κ2) is 3.05. The summed E-state index contributed by atoms with van der Waals surface area (Å²) in [5.74, 6) is 0. The molecule has 0 spiro atoms. The Morgan fingerprint density at radius 2 is 1.92 bits per heavy atom. The Labute approximate surface area is 84.1 Å². The van der Waals surface area contributed by atoms with Gasteiger partial charge in [-0.3, -0.25) is 4.79 Å². The van der Waals surface area contributed by atoms with Gasteiger partial charge < -0.3 is 4.98 Å². The van der Waals surface area contributed by atoms with E-state index in [1.807, 2.05) is 0 Å². The highest BCUT2D eigenvalue weighted by molar-refractivity contribution is 6.36. The molecule has 1 heterocycles. The molecule has 13 heavy (non-hydrogen) atoms. The summed E-state index contributed by atoms with van der Waals surface area (Å²) in [7, 11) is 0. The fraction of sp³-hybridized carbons (Fsp3) is 0. The number of rotatable bonds is 0. The molecule has 2 nitrogen and oxygen atoms in total. The van der Waals surface area contributed by atoms with Gasteiger partial charge in [0.05, 0.1) is 5.02 Å². The van der Waals surface area contributed by atoms with Crippen LogP contribution in [0.2, 0.25) is 10.0 Å². The Morgan fingerprint density at radius 3 is 2.69 bits per heavy atom. The number of pyridine rings is 1. The van der Waals surface area contributed by atoms with Gasteiger partial charge in [-0.25, -0.2) is 0 Å². The van der Waals surface area contributed by atoms with Gasteiger partial charge >= 0.3 is 0 Å². The van der Waals surface area contributed by atoms with Crippen molar-refractivity contribution in [1.82, 2.24) is 4.98 Å². The molecule has 0 bridgehead atoms. The molecule has 0 aliphatic heterocycles. The van der Waals surface area contributed by atoms with Crippen molar-refractivity contribution in [3.63, 3.8) is 0 Å². The summed E-state index contributed by atoms with van der Waals surface area (Å²) in [5.41, 5.74) is -0.156. The quantitative estimate of drug-likeness (QED) is 0.718.